The number of hydrogen-bond acceptors (Lipinski definition) is 3. The molecule has 0 saturated heterocycles. The van der Waals surface area contributed by atoms with Crippen LogP contribution in [-0.4, -0.2) is 24.5 Å². The standard InChI is InChI=1S/C24H26N2O3/c1-3-4-16-25-24(28)20-13-7-8-14-21(20)26-23(27)17(2)29-22-15-9-11-18-10-5-6-12-19(18)22/h5-15,17H,3-4,16H2,1-2H3,(H,25,28)(H,26,27)/t17-/m0/s1. The maximum atomic E-state index is 12.7. The van der Waals surface area contributed by atoms with E-state index in [4.69, 9.17) is 4.74 Å². The summed E-state index contributed by atoms with van der Waals surface area (Å²) in [4.78, 5) is 25.2. The monoisotopic (exact) mass is 390 g/mol. The molecule has 0 aliphatic rings. The quantitative estimate of drug-likeness (QED) is 0.544. The first kappa shape index (κ1) is 20.4. The second-order valence-corrected chi connectivity index (χ2v) is 6.88. The summed E-state index contributed by atoms with van der Waals surface area (Å²) in [6.45, 7) is 4.37. The molecule has 0 spiro atoms. The van der Waals surface area contributed by atoms with Gasteiger partial charge in [0.1, 0.15) is 5.75 Å². The van der Waals surface area contributed by atoms with Gasteiger partial charge in [-0.05, 0) is 36.9 Å². The Morgan fingerprint density at radius 2 is 1.69 bits per heavy atom. The summed E-state index contributed by atoms with van der Waals surface area (Å²) in [5, 5.41) is 7.70. The SMILES string of the molecule is CCCCNC(=O)c1ccccc1NC(=O)[C@H](C)Oc1cccc2ccccc12. The third-order valence-corrected chi connectivity index (χ3v) is 4.67. The number of benzene rings is 3. The Bertz CT molecular complexity index is 995. The number of amides is 2. The van der Waals surface area contributed by atoms with Crippen molar-refractivity contribution in [2.45, 2.75) is 32.8 Å². The van der Waals surface area contributed by atoms with Crippen molar-refractivity contribution in [1.82, 2.24) is 5.32 Å². The van der Waals surface area contributed by atoms with Crippen molar-refractivity contribution in [3.63, 3.8) is 0 Å². The molecule has 2 amide bonds. The fourth-order valence-electron chi connectivity index (χ4n) is 3.04. The number of ether oxygens (including phenoxy) is 1. The molecule has 2 N–H and O–H groups in total. The van der Waals surface area contributed by atoms with Crippen LogP contribution in [0.3, 0.4) is 0 Å². The molecule has 3 aromatic carbocycles. The van der Waals surface area contributed by atoms with Gasteiger partial charge in [-0.2, -0.15) is 0 Å². The average molecular weight is 390 g/mol. The number of para-hydroxylation sites is 1. The van der Waals surface area contributed by atoms with E-state index in [1.807, 2.05) is 42.5 Å². The predicted molar refractivity (Wildman–Crippen MR) is 116 cm³/mol. The van der Waals surface area contributed by atoms with Gasteiger partial charge in [0, 0.05) is 11.9 Å². The van der Waals surface area contributed by atoms with Crippen LogP contribution in [0.4, 0.5) is 5.69 Å². The molecule has 5 nitrogen and oxygen atoms in total. The highest BCUT2D eigenvalue weighted by atomic mass is 16.5. The van der Waals surface area contributed by atoms with E-state index >= 15 is 0 Å². The molecule has 150 valence electrons. The van der Waals surface area contributed by atoms with Crippen molar-refractivity contribution in [1.29, 1.82) is 0 Å². The second kappa shape index (κ2) is 9.73. The fraction of sp³-hybridized carbons (Fsp3) is 0.250. The highest BCUT2D eigenvalue weighted by molar-refractivity contribution is 6.04. The van der Waals surface area contributed by atoms with Gasteiger partial charge < -0.3 is 15.4 Å². The van der Waals surface area contributed by atoms with Gasteiger partial charge in [-0.1, -0.05) is 61.9 Å². The van der Waals surface area contributed by atoms with Crippen molar-refractivity contribution in [3.05, 3.63) is 72.3 Å². The Balaban J connectivity index is 1.71. The molecule has 3 aromatic rings. The van der Waals surface area contributed by atoms with E-state index in [-0.39, 0.29) is 11.8 Å². The Morgan fingerprint density at radius 1 is 0.966 bits per heavy atom. The van der Waals surface area contributed by atoms with Crippen LogP contribution in [0.5, 0.6) is 5.75 Å². The van der Waals surface area contributed by atoms with Gasteiger partial charge in [-0.25, -0.2) is 0 Å². The lowest BCUT2D eigenvalue weighted by Gasteiger charge is -2.17. The van der Waals surface area contributed by atoms with Crippen LogP contribution in [0.25, 0.3) is 10.8 Å². The van der Waals surface area contributed by atoms with Gasteiger partial charge >= 0.3 is 0 Å². The summed E-state index contributed by atoms with van der Waals surface area (Å²) >= 11 is 0. The fourth-order valence-corrected chi connectivity index (χ4v) is 3.04. The van der Waals surface area contributed by atoms with Crippen molar-refractivity contribution >= 4 is 28.3 Å². The molecule has 3 rings (SSSR count). The molecule has 0 unspecified atom stereocenters. The van der Waals surface area contributed by atoms with Crippen LogP contribution >= 0.6 is 0 Å². The van der Waals surface area contributed by atoms with E-state index in [0.717, 1.165) is 23.6 Å². The Hall–Kier alpha value is -3.34. The molecule has 0 aromatic heterocycles. The van der Waals surface area contributed by atoms with Gasteiger partial charge in [-0.3, -0.25) is 9.59 Å². The van der Waals surface area contributed by atoms with E-state index in [1.54, 1.807) is 31.2 Å². The zero-order valence-corrected chi connectivity index (χ0v) is 16.8. The third-order valence-electron chi connectivity index (χ3n) is 4.67. The molecule has 5 heteroatoms. The number of hydrogen-bond donors (Lipinski definition) is 2. The molecular formula is C24H26N2O3. The largest absolute Gasteiger partial charge is 0.480 e. The zero-order chi connectivity index (χ0) is 20.6. The van der Waals surface area contributed by atoms with Crippen molar-refractivity contribution in [2.24, 2.45) is 0 Å². The summed E-state index contributed by atoms with van der Waals surface area (Å²) < 4.78 is 5.93. The van der Waals surface area contributed by atoms with Crippen LogP contribution in [0.1, 0.15) is 37.0 Å². The molecule has 1 atom stereocenters. The zero-order valence-electron chi connectivity index (χ0n) is 16.8. The number of anilines is 1. The van der Waals surface area contributed by atoms with Gasteiger partial charge in [0.05, 0.1) is 11.3 Å². The van der Waals surface area contributed by atoms with E-state index < -0.39 is 6.10 Å². The number of carbonyl (C=O) groups excluding carboxylic acids is 2. The first-order valence-electron chi connectivity index (χ1n) is 9.92. The number of nitrogens with one attached hydrogen (secondary N) is 2. The maximum absolute atomic E-state index is 12.7. The van der Waals surface area contributed by atoms with E-state index in [0.29, 0.717) is 23.5 Å². The van der Waals surface area contributed by atoms with E-state index in [2.05, 4.69) is 17.6 Å². The van der Waals surface area contributed by atoms with Crippen LogP contribution in [0, 0.1) is 0 Å². The minimum Gasteiger partial charge on any atom is -0.480 e. The Morgan fingerprint density at radius 3 is 2.52 bits per heavy atom. The summed E-state index contributed by atoms with van der Waals surface area (Å²) in [5.74, 6) is 0.139. The lowest BCUT2D eigenvalue weighted by Crippen LogP contribution is -2.32. The minimum atomic E-state index is -0.725. The van der Waals surface area contributed by atoms with Gasteiger partial charge in [-0.15, -0.1) is 0 Å². The highest BCUT2D eigenvalue weighted by Gasteiger charge is 2.19. The molecule has 29 heavy (non-hydrogen) atoms. The van der Waals surface area contributed by atoms with Crippen molar-refractivity contribution in [3.8, 4) is 5.75 Å². The maximum Gasteiger partial charge on any atom is 0.265 e. The lowest BCUT2D eigenvalue weighted by molar-refractivity contribution is -0.122. The molecule has 0 fully saturated rings. The lowest BCUT2D eigenvalue weighted by atomic mass is 10.1. The number of rotatable bonds is 8. The topological polar surface area (TPSA) is 67.4 Å². The van der Waals surface area contributed by atoms with Gasteiger partial charge in [0.25, 0.3) is 11.8 Å². The molecule has 0 bridgehead atoms. The summed E-state index contributed by atoms with van der Waals surface area (Å²) in [5.41, 5.74) is 0.911. The molecule has 0 saturated carbocycles. The van der Waals surface area contributed by atoms with E-state index in [9.17, 15) is 9.59 Å². The summed E-state index contributed by atoms with van der Waals surface area (Å²) in [6.07, 6.45) is 1.19. The molecular weight excluding hydrogens is 364 g/mol. The summed E-state index contributed by atoms with van der Waals surface area (Å²) in [6, 6.07) is 20.6. The highest BCUT2D eigenvalue weighted by Crippen LogP contribution is 2.26. The van der Waals surface area contributed by atoms with Crippen molar-refractivity contribution in [2.75, 3.05) is 11.9 Å². The minimum absolute atomic E-state index is 0.197. The third kappa shape index (κ3) is 5.13. The number of carbonyl (C=O) groups is 2. The normalized spacial score (nSPS) is 11.7. The first-order chi connectivity index (χ1) is 14.1. The van der Waals surface area contributed by atoms with Gasteiger partial charge in [0.2, 0.25) is 0 Å². The molecule has 0 aliphatic heterocycles. The molecule has 0 heterocycles. The molecule has 0 radical (unpaired) electrons. The second-order valence-electron chi connectivity index (χ2n) is 6.88. The first-order valence-corrected chi connectivity index (χ1v) is 9.92. The van der Waals surface area contributed by atoms with Crippen LogP contribution in [-0.2, 0) is 4.79 Å². The van der Waals surface area contributed by atoms with Crippen LogP contribution < -0.4 is 15.4 Å². The average Bonchev–Trinajstić information content (AvgIpc) is 2.74. The van der Waals surface area contributed by atoms with Crippen LogP contribution in [0.2, 0.25) is 0 Å². The Labute approximate surface area is 171 Å². The Kier molecular flexibility index (Phi) is 6.85. The van der Waals surface area contributed by atoms with Crippen LogP contribution in [0.15, 0.2) is 66.7 Å². The van der Waals surface area contributed by atoms with Gasteiger partial charge in [0.15, 0.2) is 6.10 Å². The number of fused-ring (bicyclic) bond motifs is 1. The molecule has 0 aliphatic carbocycles. The van der Waals surface area contributed by atoms with Crippen molar-refractivity contribution < 1.29 is 14.3 Å². The predicted octanol–water partition coefficient (Wildman–Crippen LogP) is 4.78. The smallest absolute Gasteiger partial charge is 0.265 e. The van der Waals surface area contributed by atoms with E-state index in [1.165, 1.54) is 0 Å². The summed E-state index contributed by atoms with van der Waals surface area (Å²) in [7, 11) is 0. The number of unbranched alkanes of at least 4 members (excludes halogenated alkanes) is 1.